The molecule has 1 amide bonds. The number of amides is 1. The Bertz CT molecular complexity index is 877. The van der Waals surface area contributed by atoms with Gasteiger partial charge in [-0.3, -0.25) is 4.79 Å². The molecule has 0 atom stereocenters. The van der Waals surface area contributed by atoms with E-state index < -0.39 is 0 Å². The zero-order valence-electron chi connectivity index (χ0n) is 12.2. The summed E-state index contributed by atoms with van der Waals surface area (Å²) in [5, 5.41) is 8.04. The minimum atomic E-state index is -0.348. The maximum atomic E-state index is 12.3. The predicted molar refractivity (Wildman–Crippen MR) is 95.0 cm³/mol. The molecule has 8 heteroatoms. The molecular formula is C16H11Cl3N4O. The molecule has 0 unspecified atom stereocenters. The molecule has 3 aromatic rings. The first-order valence-electron chi connectivity index (χ1n) is 6.91. The first-order chi connectivity index (χ1) is 11.5. The quantitative estimate of drug-likeness (QED) is 0.675. The molecule has 5 nitrogen and oxygen atoms in total. The van der Waals surface area contributed by atoms with Crippen LogP contribution in [0.4, 0.5) is 5.82 Å². The van der Waals surface area contributed by atoms with Gasteiger partial charge in [0.25, 0.3) is 5.91 Å². The van der Waals surface area contributed by atoms with E-state index in [1.165, 1.54) is 12.3 Å². The number of anilines is 1. The molecule has 0 bridgehead atoms. The van der Waals surface area contributed by atoms with Crippen molar-refractivity contribution in [1.82, 2.24) is 14.8 Å². The Morgan fingerprint density at radius 1 is 1.12 bits per heavy atom. The van der Waals surface area contributed by atoms with Crippen LogP contribution in [0.5, 0.6) is 0 Å². The fraction of sp³-hybridized carbons (Fsp3) is 0.0625. The van der Waals surface area contributed by atoms with Crippen LogP contribution >= 0.6 is 34.8 Å². The summed E-state index contributed by atoms with van der Waals surface area (Å²) in [6, 6.07) is 10.6. The molecule has 0 spiro atoms. The lowest BCUT2D eigenvalue weighted by Gasteiger charge is -2.09. The van der Waals surface area contributed by atoms with Gasteiger partial charge in [-0.15, -0.1) is 0 Å². The van der Waals surface area contributed by atoms with Crippen molar-refractivity contribution >= 4 is 46.5 Å². The van der Waals surface area contributed by atoms with Crippen molar-refractivity contribution in [1.29, 1.82) is 0 Å². The second-order valence-corrected chi connectivity index (χ2v) is 6.15. The van der Waals surface area contributed by atoms with Crippen LogP contribution in [0, 0.1) is 0 Å². The van der Waals surface area contributed by atoms with Gasteiger partial charge in [-0.1, -0.05) is 46.9 Å². The van der Waals surface area contributed by atoms with Crippen LogP contribution in [0.2, 0.25) is 15.2 Å². The second kappa shape index (κ2) is 7.21. The lowest BCUT2D eigenvalue weighted by molar-refractivity contribution is 0.102. The largest absolute Gasteiger partial charge is 0.307 e. The summed E-state index contributed by atoms with van der Waals surface area (Å²) < 4.78 is 1.67. The third-order valence-corrected chi connectivity index (χ3v) is 4.20. The van der Waals surface area contributed by atoms with Crippen LogP contribution in [0.3, 0.4) is 0 Å². The Morgan fingerprint density at radius 3 is 2.58 bits per heavy atom. The van der Waals surface area contributed by atoms with Gasteiger partial charge >= 0.3 is 0 Å². The van der Waals surface area contributed by atoms with Crippen molar-refractivity contribution in [3.63, 3.8) is 0 Å². The third kappa shape index (κ3) is 3.87. The van der Waals surface area contributed by atoms with Gasteiger partial charge in [0, 0.05) is 17.3 Å². The van der Waals surface area contributed by atoms with Crippen molar-refractivity contribution in [2.24, 2.45) is 0 Å². The highest BCUT2D eigenvalue weighted by molar-refractivity contribution is 6.41. The average Bonchev–Trinajstić information content (AvgIpc) is 2.99. The van der Waals surface area contributed by atoms with Gasteiger partial charge in [0.15, 0.2) is 0 Å². The number of hydrogen-bond acceptors (Lipinski definition) is 3. The van der Waals surface area contributed by atoms with Crippen LogP contribution in [0.1, 0.15) is 15.9 Å². The van der Waals surface area contributed by atoms with Crippen molar-refractivity contribution in [2.45, 2.75) is 6.54 Å². The average molecular weight is 382 g/mol. The summed E-state index contributed by atoms with van der Waals surface area (Å²) in [6.07, 6.45) is 2.97. The van der Waals surface area contributed by atoms with E-state index in [1.807, 2.05) is 12.1 Å². The Morgan fingerprint density at radius 2 is 1.88 bits per heavy atom. The minimum Gasteiger partial charge on any atom is -0.307 e. The van der Waals surface area contributed by atoms with Gasteiger partial charge < -0.3 is 5.32 Å². The monoisotopic (exact) mass is 380 g/mol. The van der Waals surface area contributed by atoms with Gasteiger partial charge in [-0.2, -0.15) is 5.10 Å². The molecule has 24 heavy (non-hydrogen) atoms. The summed E-state index contributed by atoms with van der Waals surface area (Å²) in [6.45, 7) is 0.499. The number of rotatable bonds is 4. The molecule has 0 aliphatic heterocycles. The molecule has 0 aliphatic rings. The number of benzene rings is 1. The number of pyridine rings is 1. The maximum absolute atomic E-state index is 12.3. The van der Waals surface area contributed by atoms with E-state index in [0.29, 0.717) is 22.9 Å². The van der Waals surface area contributed by atoms with Gasteiger partial charge in [0.1, 0.15) is 11.0 Å². The summed E-state index contributed by atoms with van der Waals surface area (Å²) in [5.41, 5.74) is 1.32. The Balaban J connectivity index is 1.76. The van der Waals surface area contributed by atoms with Crippen molar-refractivity contribution in [3.8, 4) is 0 Å². The SMILES string of the molecule is O=C(Nc1ccnn1Cc1ccc(Cl)cc1)c1cnc(Cl)c(Cl)c1. The molecule has 122 valence electrons. The van der Waals surface area contributed by atoms with Crippen LogP contribution in [-0.2, 0) is 6.54 Å². The highest BCUT2D eigenvalue weighted by Crippen LogP contribution is 2.20. The van der Waals surface area contributed by atoms with Crippen molar-refractivity contribution in [2.75, 3.05) is 5.32 Å². The summed E-state index contributed by atoms with van der Waals surface area (Å²) in [5.74, 6) is 0.208. The Hall–Kier alpha value is -2.08. The van der Waals surface area contributed by atoms with E-state index in [2.05, 4.69) is 15.4 Å². The van der Waals surface area contributed by atoms with E-state index in [1.54, 1.807) is 29.1 Å². The number of nitrogens with one attached hydrogen (secondary N) is 1. The van der Waals surface area contributed by atoms with Gasteiger partial charge in [-0.25, -0.2) is 9.67 Å². The highest BCUT2D eigenvalue weighted by Gasteiger charge is 2.12. The first-order valence-corrected chi connectivity index (χ1v) is 8.05. The molecule has 3 rings (SSSR count). The van der Waals surface area contributed by atoms with E-state index in [9.17, 15) is 4.79 Å². The fourth-order valence-electron chi connectivity index (χ4n) is 2.06. The normalized spacial score (nSPS) is 10.6. The number of carbonyl (C=O) groups excluding carboxylic acids is 1. The molecule has 0 saturated heterocycles. The molecule has 0 saturated carbocycles. The third-order valence-electron chi connectivity index (χ3n) is 3.26. The first kappa shape index (κ1) is 16.8. The molecule has 2 heterocycles. The molecule has 1 N–H and O–H groups in total. The van der Waals surface area contributed by atoms with Crippen LogP contribution < -0.4 is 5.32 Å². The molecule has 2 aromatic heterocycles. The van der Waals surface area contributed by atoms with Crippen LogP contribution in [0.15, 0.2) is 48.8 Å². The number of aromatic nitrogens is 3. The molecule has 0 radical (unpaired) electrons. The van der Waals surface area contributed by atoms with Crippen molar-refractivity contribution < 1.29 is 4.79 Å². The van der Waals surface area contributed by atoms with Gasteiger partial charge in [0.2, 0.25) is 0 Å². The summed E-state index contributed by atoms with van der Waals surface area (Å²) in [4.78, 5) is 16.2. The number of nitrogens with zero attached hydrogens (tertiary/aromatic N) is 3. The Labute approximate surface area is 153 Å². The number of hydrogen-bond donors (Lipinski definition) is 1. The topological polar surface area (TPSA) is 59.8 Å². The second-order valence-electron chi connectivity index (χ2n) is 4.95. The Kier molecular flexibility index (Phi) is 5.04. The molecular weight excluding hydrogens is 371 g/mol. The highest BCUT2D eigenvalue weighted by atomic mass is 35.5. The lowest BCUT2D eigenvalue weighted by Crippen LogP contribution is -2.16. The van der Waals surface area contributed by atoms with Crippen LogP contribution in [-0.4, -0.2) is 20.7 Å². The van der Waals surface area contributed by atoms with Gasteiger partial charge in [-0.05, 0) is 23.8 Å². The smallest absolute Gasteiger partial charge is 0.258 e. The number of halogens is 3. The zero-order valence-corrected chi connectivity index (χ0v) is 14.5. The molecule has 1 aromatic carbocycles. The number of carbonyl (C=O) groups is 1. The summed E-state index contributed by atoms with van der Waals surface area (Å²) >= 11 is 17.5. The van der Waals surface area contributed by atoms with Gasteiger partial charge in [0.05, 0.1) is 23.3 Å². The molecule has 0 aliphatic carbocycles. The van der Waals surface area contributed by atoms with E-state index in [0.717, 1.165) is 5.56 Å². The lowest BCUT2D eigenvalue weighted by atomic mass is 10.2. The zero-order chi connectivity index (χ0) is 17.1. The minimum absolute atomic E-state index is 0.154. The summed E-state index contributed by atoms with van der Waals surface area (Å²) in [7, 11) is 0. The van der Waals surface area contributed by atoms with Crippen LogP contribution in [0.25, 0.3) is 0 Å². The molecule has 0 fully saturated rings. The van der Waals surface area contributed by atoms with E-state index in [-0.39, 0.29) is 16.1 Å². The predicted octanol–water partition coefficient (Wildman–Crippen LogP) is 4.54. The fourth-order valence-corrected chi connectivity index (χ4v) is 2.46. The van der Waals surface area contributed by atoms with E-state index in [4.69, 9.17) is 34.8 Å². The maximum Gasteiger partial charge on any atom is 0.258 e. The van der Waals surface area contributed by atoms with E-state index >= 15 is 0 Å². The standard InChI is InChI=1S/C16H11Cl3N4O/c17-12-3-1-10(2-4-12)9-23-14(5-6-21-23)22-16(24)11-7-13(18)15(19)20-8-11/h1-8H,9H2,(H,22,24). The van der Waals surface area contributed by atoms with Crippen molar-refractivity contribution in [3.05, 3.63) is 75.1 Å².